The molecule has 0 aliphatic heterocycles. The zero-order valence-corrected chi connectivity index (χ0v) is 23.1. The second-order valence-corrected chi connectivity index (χ2v) is 11.1. The minimum absolute atomic E-state index is 0.0599. The summed E-state index contributed by atoms with van der Waals surface area (Å²) in [5, 5.41) is 28.2. The summed E-state index contributed by atoms with van der Waals surface area (Å²) in [6.07, 6.45) is 3.33. The Morgan fingerprint density at radius 1 is 0.718 bits per heavy atom. The number of phenols is 2. The van der Waals surface area contributed by atoms with Gasteiger partial charge in [0.15, 0.2) is 0 Å². The Hall–Kier alpha value is -4.02. The predicted octanol–water partition coefficient (Wildman–Crippen LogP) is 5.68. The van der Waals surface area contributed by atoms with Crippen LogP contribution in [0.2, 0.25) is 0 Å². The van der Waals surface area contributed by atoms with Crippen LogP contribution >= 0.6 is 23.5 Å². The highest BCUT2D eigenvalue weighted by molar-refractivity contribution is 8.00. The molecule has 0 saturated carbocycles. The molecule has 4 aromatic rings. The van der Waals surface area contributed by atoms with Gasteiger partial charge in [-0.1, -0.05) is 61.6 Å². The second-order valence-electron chi connectivity index (χ2n) is 9.10. The molecule has 0 fully saturated rings. The average Bonchev–Trinajstić information content (AvgIpc) is 2.94. The number of aromatic nitrogens is 2. The quantitative estimate of drug-likeness (QED) is 0.144. The SMILES string of the molecule is CC(C)(c1ccc(NC(=O)CSc2ccccn2)c(O)c1)c1ccc(NC(=O)CSc2ccccn2)c(O)c1. The molecule has 10 heteroatoms. The van der Waals surface area contributed by atoms with Crippen LogP contribution in [-0.2, 0) is 15.0 Å². The fraction of sp³-hybridized carbons (Fsp3) is 0.172. The molecule has 0 saturated heterocycles. The van der Waals surface area contributed by atoms with E-state index in [1.165, 1.54) is 23.5 Å². The van der Waals surface area contributed by atoms with E-state index in [0.717, 1.165) is 21.2 Å². The zero-order chi connectivity index (χ0) is 27.8. The maximum atomic E-state index is 12.4. The maximum absolute atomic E-state index is 12.4. The summed E-state index contributed by atoms with van der Waals surface area (Å²) in [5.74, 6) is -0.310. The monoisotopic (exact) mass is 560 g/mol. The average molecular weight is 561 g/mol. The summed E-state index contributed by atoms with van der Waals surface area (Å²) in [7, 11) is 0. The van der Waals surface area contributed by atoms with E-state index >= 15 is 0 Å². The molecule has 0 aliphatic rings. The van der Waals surface area contributed by atoms with Crippen LogP contribution in [0.25, 0.3) is 0 Å². The van der Waals surface area contributed by atoms with E-state index in [-0.39, 0.29) is 34.8 Å². The minimum Gasteiger partial charge on any atom is -0.506 e. The third kappa shape index (κ3) is 7.52. The molecule has 2 amide bonds. The van der Waals surface area contributed by atoms with Gasteiger partial charge in [-0.2, -0.15) is 0 Å². The van der Waals surface area contributed by atoms with Crippen molar-refractivity contribution in [3.05, 3.63) is 96.3 Å². The summed E-state index contributed by atoms with van der Waals surface area (Å²) in [5.41, 5.74) is 1.59. The lowest BCUT2D eigenvalue weighted by Crippen LogP contribution is -2.20. The Morgan fingerprint density at radius 3 is 1.51 bits per heavy atom. The van der Waals surface area contributed by atoms with E-state index in [4.69, 9.17) is 0 Å². The fourth-order valence-corrected chi connectivity index (χ4v) is 5.06. The van der Waals surface area contributed by atoms with Crippen LogP contribution in [0.5, 0.6) is 11.5 Å². The first-order valence-electron chi connectivity index (χ1n) is 12.1. The summed E-state index contributed by atoms with van der Waals surface area (Å²) >= 11 is 2.61. The highest BCUT2D eigenvalue weighted by Gasteiger charge is 2.25. The molecular weight excluding hydrogens is 532 g/mol. The number of hydrogen-bond acceptors (Lipinski definition) is 8. The summed E-state index contributed by atoms with van der Waals surface area (Å²) < 4.78 is 0. The Balaban J connectivity index is 1.38. The number of nitrogens with one attached hydrogen (secondary N) is 2. The van der Waals surface area contributed by atoms with Gasteiger partial charge in [-0.25, -0.2) is 9.97 Å². The molecular formula is C29H28N4O4S2. The van der Waals surface area contributed by atoms with Gasteiger partial charge >= 0.3 is 0 Å². The topological polar surface area (TPSA) is 124 Å². The number of thioether (sulfide) groups is 2. The molecule has 2 aromatic heterocycles. The van der Waals surface area contributed by atoms with Gasteiger partial charge in [0.2, 0.25) is 11.8 Å². The van der Waals surface area contributed by atoms with Crippen molar-refractivity contribution < 1.29 is 19.8 Å². The molecule has 0 bridgehead atoms. The number of amides is 2. The maximum Gasteiger partial charge on any atom is 0.234 e. The molecule has 8 nitrogen and oxygen atoms in total. The number of anilines is 2. The van der Waals surface area contributed by atoms with E-state index < -0.39 is 5.41 Å². The van der Waals surface area contributed by atoms with Crippen molar-refractivity contribution in [2.45, 2.75) is 29.3 Å². The van der Waals surface area contributed by atoms with Crippen molar-refractivity contribution in [3.8, 4) is 11.5 Å². The second kappa shape index (κ2) is 12.7. The minimum atomic E-state index is -0.594. The van der Waals surface area contributed by atoms with E-state index in [1.54, 1.807) is 36.7 Å². The molecule has 2 heterocycles. The number of benzene rings is 2. The standard InChI is InChI=1S/C29H28N4O4S2/c1-29(2,19-9-11-21(23(34)15-19)32-25(36)17-38-27-7-3-5-13-30-27)20-10-12-22(24(35)16-20)33-26(37)18-39-28-8-4-6-14-31-28/h3-16,34-35H,17-18H2,1-2H3,(H,32,36)(H,33,37). The lowest BCUT2D eigenvalue weighted by Gasteiger charge is -2.27. The van der Waals surface area contributed by atoms with E-state index in [1.807, 2.05) is 62.4 Å². The molecule has 0 radical (unpaired) electrons. The Kier molecular flexibility index (Phi) is 9.11. The number of carbonyl (C=O) groups is 2. The summed E-state index contributed by atoms with van der Waals surface area (Å²) in [4.78, 5) is 33.1. The summed E-state index contributed by atoms with van der Waals surface area (Å²) in [6, 6.07) is 21.1. The van der Waals surface area contributed by atoms with Gasteiger partial charge < -0.3 is 20.8 Å². The molecule has 200 valence electrons. The normalized spacial score (nSPS) is 11.1. The fourth-order valence-electron chi connectivity index (χ4n) is 3.74. The first-order valence-corrected chi connectivity index (χ1v) is 14.0. The van der Waals surface area contributed by atoms with E-state index in [9.17, 15) is 19.8 Å². The van der Waals surface area contributed by atoms with Gasteiger partial charge in [-0.15, -0.1) is 0 Å². The third-order valence-corrected chi connectivity index (χ3v) is 7.85. The Labute approximate surface area is 235 Å². The molecule has 0 atom stereocenters. The lowest BCUT2D eigenvalue weighted by atomic mass is 9.78. The zero-order valence-electron chi connectivity index (χ0n) is 21.4. The van der Waals surface area contributed by atoms with Gasteiger partial charge in [0.1, 0.15) is 11.5 Å². The van der Waals surface area contributed by atoms with Crippen molar-refractivity contribution in [3.63, 3.8) is 0 Å². The predicted molar refractivity (Wildman–Crippen MR) is 156 cm³/mol. The molecule has 0 unspecified atom stereocenters. The van der Waals surface area contributed by atoms with Crippen molar-refractivity contribution in [2.75, 3.05) is 22.1 Å². The van der Waals surface area contributed by atoms with Crippen LogP contribution in [0.15, 0.2) is 95.2 Å². The van der Waals surface area contributed by atoms with Gasteiger partial charge in [-0.05, 0) is 59.7 Å². The van der Waals surface area contributed by atoms with Crippen molar-refractivity contribution >= 4 is 46.7 Å². The molecule has 39 heavy (non-hydrogen) atoms. The number of rotatable bonds is 10. The van der Waals surface area contributed by atoms with Gasteiger partial charge in [0.05, 0.1) is 32.9 Å². The molecule has 0 aliphatic carbocycles. The van der Waals surface area contributed by atoms with E-state index in [0.29, 0.717) is 11.4 Å². The van der Waals surface area contributed by atoms with Crippen molar-refractivity contribution in [2.24, 2.45) is 0 Å². The number of phenolic OH excluding ortho intramolecular Hbond substituents is 2. The number of aromatic hydroxyl groups is 2. The number of hydrogen-bond donors (Lipinski definition) is 4. The number of nitrogens with zero attached hydrogens (tertiary/aromatic N) is 2. The van der Waals surface area contributed by atoms with Crippen LogP contribution in [0.3, 0.4) is 0 Å². The highest BCUT2D eigenvalue weighted by Crippen LogP contribution is 2.38. The van der Waals surface area contributed by atoms with Crippen LogP contribution in [0, 0.1) is 0 Å². The van der Waals surface area contributed by atoms with Gasteiger partial charge in [0, 0.05) is 17.8 Å². The molecule has 0 spiro atoms. The van der Waals surface area contributed by atoms with E-state index in [2.05, 4.69) is 20.6 Å². The van der Waals surface area contributed by atoms with Crippen LogP contribution in [-0.4, -0.2) is 43.5 Å². The first-order chi connectivity index (χ1) is 18.7. The Bertz CT molecular complexity index is 1340. The largest absolute Gasteiger partial charge is 0.506 e. The van der Waals surface area contributed by atoms with Crippen molar-refractivity contribution in [1.29, 1.82) is 0 Å². The Morgan fingerprint density at radius 2 is 1.15 bits per heavy atom. The smallest absolute Gasteiger partial charge is 0.234 e. The third-order valence-electron chi connectivity index (χ3n) is 5.96. The van der Waals surface area contributed by atoms with Gasteiger partial charge in [0.25, 0.3) is 0 Å². The first kappa shape index (κ1) is 28.0. The molecule has 4 rings (SSSR count). The van der Waals surface area contributed by atoms with Crippen LogP contribution in [0.4, 0.5) is 11.4 Å². The molecule has 4 N–H and O–H groups in total. The highest BCUT2D eigenvalue weighted by atomic mass is 32.2. The summed E-state index contributed by atoms with van der Waals surface area (Å²) in [6.45, 7) is 3.92. The number of carbonyl (C=O) groups excluding carboxylic acids is 2. The number of pyridine rings is 2. The van der Waals surface area contributed by atoms with Crippen LogP contribution < -0.4 is 10.6 Å². The molecule has 2 aromatic carbocycles. The van der Waals surface area contributed by atoms with Crippen molar-refractivity contribution in [1.82, 2.24) is 9.97 Å². The van der Waals surface area contributed by atoms with Crippen LogP contribution in [0.1, 0.15) is 25.0 Å². The van der Waals surface area contributed by atoms with Gasteiger partial charge in [-0.3, -0.25) is 9.59 Å². The lowest BCUT2D eigenvalue weighted by molar-refractivity contribution is -0.114.